The quantitative estimate of drug-likeness (QED) is 0.232. The maximum absolute atomic E-state index is 14.6. The maximum atomic E-state index is 14.6. The van der Waals surface area contributed by atoms with E-state index in [2.05, 4.69) is 48.4 Å². The Hall–Kier alpha value is -2.49. The summed E-state index contributed by atoms with van der Waals surface area (Å²) in [5.74, 6) is 2.77. The van der Waals surface area contributed by atoms with Gasteiger partial charge in [0.25, 0.3) is 0 Å². The van der Waals surface area contributed by atoms with Crippen LogP contribution in [0.5, 0.6) is 0 Å². The molecule has 9 aliphatic rings. The number of hydrogen-bond acceptors (Lipinski definition) is 9. The number of ether oxygens (including phenoxy) is 2. The largest absolute Gasteiger partial charge is 0.427 e. The Bertz CT molecular complexity index is 1720. The fraction of sp³-hybridized carbons (Fsp3) is 0.625. The van der Waals surface area contributed by atoms with Crippen LogP contribution in [0.25, 0.3) is 0 Å². The first-order chi connectivity index (χ1) is 23.8. The topological polar surface area (TPSA) is 97.8 Å². The summed E-state index contributed by atoms with van der Waals surface area (Å²) in [6.07, 6.45) is 20.5. The molecule has 260 valence electrons. The van der Waals surface area contributed by atoms with E-state index in [1.807, 2.05) is 6.20 Å². The monoisotopic (exact) mass is 700 g/mol. The third-order valence-electron chi connectivity index (χ3n) is 14.0. The van der Waals surface area contributed by atoms with Gasteiger partial charge in [-0.25, -0.2) is 14.6 Å². The number of anilines is 1. The number of hydrogen-bond donors (Lipinski definition) is 2. The van der Waals surface area contributed by atoms with Gasteiger partial charge in [0.05, 0.1) is 16.9 Å². The first-order valence-electron chi connectivity index (χ1n) is 18.8. The van der Waals surface area contributed by atoms with Crippen molar-refractivity contribution in [3.63, 3.8) is 0 Å². The molecule has 1 aromatic rings. The summed E-state index contributed by atoms with van der Waals surface area (Å²) in [7, 11) is 3.05. The Morgan fingerprint density at radius 2 is 1.86 bits per heavy atom. The fourth-order valence-corrected chi connectivity index (χ4v) is 13.7. The molecule has 4 heterocycles. The number of pyridine rings is 1. The molecule has 4 fully saturated rings. The minimum absolute atomic E-state index is 0.0531. The highest BCUT2D eigenvalue weighted by Gasteiger charge is 2.70. The second kappa shape index (κ2) is 12.0. The summed E-state index contributed by atoms with van der Waals surface area (Å²) in [6, 6.07) is 4.38. The van der Waals surface area contributed by atoms with E-state index in [0.717, 1.165) is 98.9 Å². The van der Waals surface area contributed by atoms with Crippen molar-refractivity contribution < 1.29 is 24.2 Å². The van der Waals surface area contributed by atoms with Gasteiger partial charge in [-0.15, -0.1) is 0 Å². The smallest absolute Gasteiger partial charge is 0.340 e. The van der Waals surface area contributed by atoms with E-state index in [4.69, 9.17) is 9.47 Å². The molecule has 9 heteroatoms. The molecule has 0 amide bonds. The van der Waals surface area contributed by atoms with Crippen molar-refractivity contribution in [1.82, 2.24) is 4.98 Å². The number of rotatable bonds is 2. The first-order valence-corrected chi connectivity index (χ1v) is 21.2. The average molecular weight is 701 g/mol. The number of fused-ring (bicyclic) bond motifs is 4. The number of carbonyl (C=O) groups excluding carboxylic acids is 2. The Morgan fingerprint density at radius 1 is 1.06 bits per heavy atom. The van der Waals surface area contributed by atoms with Crippen LogP contribution in [0.4, 0.5) is 5.82 Å². The van der Waals surface area contributed by atoms with Crippen LogP contribution in [0.2, 0.25) is 0 Å². The minimum Gasteiger partial charge on any atom is -0.427 e. The number of nitrogens with zero attached hydrogens (tertiary/aromatic N) is 1. The van der Waals surface area contributed by atoms with Crippen LogP contribution in [0.1, 0.15) is 109 Å². The highest BCUT2D eigenvalue weighted by atomic mass is 33.1. The molecule has 6 atom stereocenters. The van der Waals surface area contributed by atoms with Crippen LogP contribution in [0.15, 0.2) is 64.3 Å². The van der Waals surface area contributed by atoms with E-state index >= 15 is 0 Å². The summed E-state index contributed by atoms with van der Waals surface area (Å²) in [5, 5.41) is 14.6. The summed E-state index contributed by atoms with van der Waals surface area (Å²) in [5.41, 5.74) is 3.83. The fourth-order valence-electron chi connectivity index (χ4n) is 11.7. The molecule has 0 radical (unpaired) electrons. The zero-order valence-electron chi connectivity index (χ0n) is 28.7. The third kappa shape index (κ3) is 4.76. The van der Waals surface area contributed by atoms with E-state index < -0.39 is 10.9 Å². The van der Waals surface area contributed by atoms with E-state index in [-0.39, 0.29) is 46.4 Å². The molecular weight excluding hydrogens is 653 g/mol. The molecule has 6 aliphatic carbocycles. The Kier molecular flexibility index (Phi) is 7.97. The highest BCUT2D eigenvalue weighted by Crippen LogP contribution is 2.73. The molecule has 2 N–H and O–H groups in total. The Morgan fingerprint density at radius 3 is 2.65 bits per heavy atom. The van der Waals surface area contributed by atoms with Gasteiger partial charge in [0, 0.05) is 28.7 Å². The molecule has 1 aromatic heterocycles. The van der Waals surface area contributed by atoms with Crippen molar-refractivity contribution >= 4 is 39.3 Å². The maximum Gasteiger partial charge on any atom is 0.340 e. The molecule has 7 nitrogen and oxygen atoms in total. The summed E-state index contributed by atoms with van der Waals surface area (Å²) in [6.45, 7) is 4.32. The number of aliphatic hydroxyl groups excluding tert-OH is 1. The molecule has 49 heavy (non-hydrogen) atoms. The Labute approximate surface area is 297 Å². The molecule has 3 saturated carbocycles. The van der Waals surface area contributed by atoms with E-state index in [1.54, 1.807) is 10.8 Å². The standard InChI is InChI=1S/C40H48N2O5S2/c1-3-38(14-4-5-15-38)21-28-27-10-9-25-26-12-18-40(32(25)31(27)35(43)46-28)29-11-8-23(2)37(45)49-48-22-42-30-20-24(13-19-41-30)39(16-6-7-17-39)33(26)34(40)36(44)47-29/h11,13,19-21,23,25-26,32,37,45H,3-10,12,14-18,22H2,1-2H3,(H,41,42). The zero-order valence-corrected chi connectivity index (χ0v) is 30.4. The van der Waals surface area contributed by atoms with Gasteiger partial charge in [-0.1, -0.05) is 61.1 Å². The van der Waals surface area contributed by atoms with Gasteiger partial charge >= 0.3 is 11.9 Å². The lowest BCUT2D eigenvalue weighted by Gasteiger charge is -2.59. The van der Waals surface area contributed by atoms with Gasteiger partial charge in [-0.3, -0.25) is 0 Å². The first kappa shape index (κ1) is 32.4. The van der Waals surface area contributed by atoms with Gasteiger partial charge < -0.3 is 19.9 Å². The van der Waals surface area contributed by atoms with Crippen LogP contribution >= 0.6 is 21.6 Å². The van der Waals surface area contributed by atoms with Crippen LogP contribution in [0.3, 0.4) is 0 Å². The second-order valence-electron chi connectivity index (χ2n) is 16.1. The van der Waals surface area contributed by atoms with Gasteiger partial charge in [0.1, 0.15) is 22.8 Å². The van der Waals surface area contributed by atoms with E-state index in [9.17, 15) is 14.7 Å². The Balaban J connectivity index is 1.27. The van der Waals surface area contributed by atoms with Crippen molar-refractivity contribution in [3.05, 3.63) is 69.9 Å². The minimum atomic E-state index is -0.704. The number of esters is 2. The highest BCUT2D eigenvalue weighted by molar-refractivity contribution is 8.76. The van der Waals surface area contributed by atoms with Gasteiger partial charge in [0.15, 0.2) is 0 Å². The van der Waals surface area contributed by atoms with Crippen molar-refractivity contribution in [1.29, 1.82) is 0 Å². The van der Waals surface area contributed by atoms with Crippen molar-refractivity contribution in [2.75, 3.05) is 11.2 Å². The SMILES string of the molecule is CCC1(C=C2OC(=O)C3=C2CCC2C4CCC5(C6=CCC(C)C(O)SSCNc7cc(ccn7)C7(CCCC7)C4=C5C(=O)O6)C32)CCCC1. The number of cyclic esters (lactones) is 1. The summed E-state index contributed by atoms with van der Waals surface area (Å²) < 4.78 is 12.8. The molecule has 7 bridgehead atoms. The number of allylic oxidation sites excluding steroid dienone is 5. The molecule has 3 aliphatic heterocycles. The van der Waals surface area contributed by atoms with E-state index in [1.165, 1.54) is 34.8 Å². The van der Waals surface area contributed by atoms with Crippen LogP contribution in [-0.2, 0) is 24.5 Å². The number of aliphatic hydroxyl groups is 1. The van der Waals surface area contributed by atoms with Crippen LogP contribution in [-0.4, -0.2) is 33.3 Å². The number of aromatic nitrogens is 1. The lowest BCUT2D eigenvalue weighted by atomic mass is 9.42. The van der Waals surface area contributed by atoms with Gasteiger partial charge in [0.2, 0.25) is 0 Å². The molecule has 0 aromatic carbocycles. The average Bonchev–Trinajstić information content (AvgIpc) is 3.92. The van der Waals surface area contributed by atoms with E-state index in [0.29, 0.717) is 18.1 Å². The summed E-state index contributed by atoms with van der Waals surface area (Å²) >= 11 is 0. The second-order valence-corrected chi connectivity index (χ2v) is 18.6. The lowest BCUT2D eigenvalue weighted by molar-refractivity contribution is -0.135. The van der Waals surface area contributed by atoms with Crippen molar-refractivity contribution in [2.45, 2.75) is 115 Å². The summed E-state index contributed by atoms with van der Waals surface area (Å²) in [4.78, 5) is 33.5. The normalized spacial score (nSPS) is 36.8. The zero-order chi connectivity index (χ0) is 33.5. The van der Waals surface area contributed by atoms with Crippen LogP contribution < -0.4 is 5.32 Å². The predicted octanol–water partition coefficient (Wildman–Crippen LogP) is 8.88. The predicted molar refractivity (Wildman–Crippen MR) is 193 cm³/mol. The molecule has 2 spiro atoms. The number of carbonyl (C=O) groups is 2. The van der Waals surface area contributed by atoms with Gasteiger partial charge in [-0.05, 0) is 123 Å². The molecule has 6 unspecified atom stereocenters. The third-order valence-corrected chi connectivity index (χ3v) is 16.4. The van der Waals surface area contributed by atoms with Crippen molar-refractivity contribution in [2.24, 2.45) is 34.5 Å². The van der Waals surface area contributed by atoms with Gasteiger partial charge in [-0.2, -0.15) is 0 Å². The van der Waals surface area contributed by atoms with Crippen LogP contribution in [0, 0.1) is 34.5 Å². The lowest BCUT2D eigenvalue weighted by Crippen LogP contribution is -2.55. The molecule has 10 rings (SSSR count). The number of nitrogens with one attached hydrogen (secondary N) is 1. The molecular formula is C40H48N2O5S2. The molecule has 1 saturated heterocycles. The van der Waals surface area contributed by atoms with Crippen molar-refractivity contribution in [3.8, 4) is 0 Å².